The van der Waals surface area contributed by atoms with Gasteiger partial charge in [0.2, 0.25) is 0 Å². The number of hydrogen-bond donors (Lipinski definition) is 0. The summed E-state index contributed by atoms with van der Waals surface area (Å²) in [6.07, 6.45) is 0. The molecular weight excluding hydrogens is 649 g/mol. The van der Waals surface area contributed by atoms with Crippen molar-refractivity contribution in [2.45, 2.75) is 79.9 Å². The van der Waals surface area contributed by atoms with E-state index in [2.05, 4.69) is 3.63 Å². The van der Waals surface area contributed by atoms with Gasteiger partial charge in [-0.1, -0.05) is 18.2 Å². The van der Waals surface area contributed by atoms with Crippen LogP contribution in [-0.4, -0.2) is 53.9 Å². The van der Waals surface area contributed by atoms with Crippen LogP contribution < -0.4 is 9.47 Å². The van der Waals surface area contributed by atoms with E-state index in [4.69, 9.17) is 18.9 Å². The Morgan fingerprint density at radius 3 is 1.41 bits per heavy atom. The van der Waals surface area contributed by atoms with Gasteiger partial charge in [0.05, 0.1) is 25.0 Å². The Bertz CT molecular complexity index is 1550. The van der Waals surface area contributed by atoms with Crippen molar-refractivity contribution in [1.29, 1.82) is 0 Å². The lowest BCUT2D eigenvalue weighted by Crippen LogP contribution is -2.30. The third-order valence-corrected chi connectivity index (χ3v) is 11.1. The Balaban J connectivity index is 2.12. The highest BCUT2D eigenvalue weighted by Gasteiger charge is 2.58. The molecule has 0 aromatic heterocycles. The molecule has 0 aliphatic heterocycles. The quantitative estimate of drug-likeness (QED) is 0.0877. The Morgan fingerprint density at radius 2 is 1.07 bits per heavy atom. The van der Waals surface area contributed by atoms with Gasteiger partial charge in [-0.15, -0.1) is 8.42 Å². The van der Waals surface area contributed by atoms with Gasteiger partial charge in [-0.3, -0.25) is 3.63 Å². The number of hydrogen-bond acceptors (Lipinski definition) is 8. The number of alkyl halides is 3. The third-order valence-electron chi connectivity index (χ3n) is 5.80. The van der Waals surface area contributed by atoms with Crippen molar-refractivity contribution in [3.05, 3.63) is 78.4 Å². The van der Waals surface area contributed by atoms with Gasteiger partial charge in [0.15, 0.2) is 13.2 Å². The van der Waals surface area contributed by atoms with Gasteiger partial charge in [-0.05, 0) is 109 Å². The first-order chi connectivity index (χ1) is 21.1. The SMILES string of the molecule is Cc1ccccc1S([OH+]S(=O)(=O)C(F)(F)F)(c1ccc(OCC(=O)OC(C)(C)C)cc1)c1ccc(OCC(=O)OC(C)(C)C)cc1. The van der Waals surface area contributed by atoms with Crippen molar-refractivity contribution < 1.29 is 53.8 Å². The van der Waals surface area contributed by atoms with Gasteiger partial charge in [0.1, 0.15) is 22.7 Å². The minimum atomic E-state index is -6.04. The Hall–Kier alpha value is -3.75. The fourth-order valence-corrected chi connectivity index (χ4v) is 9.26. The zero-order chi connectivity index (χ0) is 34.6. The summed E-state index contributed by atoms with van der Waals surface area (Å²) in [4.78, 5) is 24.8. The van der Waals surface area contributed by atoms with Crippen molar-refractivity contribution in [2.24, 2.45) is 0 Å². The van der Waals surface area contributed by atoms with E-state index in [-0.39, 0.29) is 26.2 Å². The summed E-state index contributed by atoms with van der Waals surface area (Å²) in [6.45, 7) is 11.0. The van der Waals surface area contributed by atoms with Crippen LogP contribution in [0.4, 0.5) is 13.2 Å². The van der Waals surface area contributed by atoms with Crippen molar-refractivity contribution in [1.82, 2.24) is 0 Å². The molecule has 0 unspecified atom stereocenters. The predicted octanol–water partition coefficient (Wildman–Crippen LogP) is 7.58. The second-order valence-electron chi connectivity index (χ2n) is 12.0. The molecule has 1 N–H and O–H groups in total. The third kappa shape index (κ3) is 9.63. The Kier molecular flexibility index (Phi) is 11.1. The highest BCUT2D eigenvalue weighted by Crippen LogP contribution is 2.69. The van der Waals surface area contributed by atoms with E-state index in [1.807, 2.05) is 0 Å². The molecule has 46 heavy (non-hydrogen) atoms. The topological polar surface area (TPSA) is 118 Å². The summed E-state index contributed by atoms with van der Waals surface area (Å²) in [5.74, 6) is -0.872. The predicted molar refractivity (Wildman–Crippen MR) is 167 cm³/mol. The minimum absolute atomic E-state index is 0.140. The first kappa shape index (κ1) is 36.7. The van der Waals surface area contributed by atoms with Crippen LogP contribution in [0.5, 0.6) is 11.5 Å². The smallest absolute Gasteiger partial charge is 0.482 e. The van der Waals surface area contributed by atoms with Gasteiger partial charge in [0.25, 0.3) is 0 Å². The first-order valence-corrected chi connectivity index (χ1v) is 17.0. The van der Waals surface area contributed by atoms with Crippen LogP contribution in [0, 0.1) is 6.92 Å². The van der Waals surface area contributed by atoms with Crippen LogP contribution in [0.25, 0.3) is 0 Å². The summed E-state index contributed by atoms with van der Waals surface area (Å²) < 4.78 is 92.5. The fourth-order valence-electron chi connectivity index (χ4n) is 4.09. The summed E-state index contributed by atoms with van der Waals surface area (Å²) in [5, 5.41) is 0. The molecule has 0 heterocycles. The molecule has 0 aliphatic carbocycles. The van der Waals surface area contributed by atoms with E-state index in [1.165, 1.54) is 54.6 Å². The molecule has 0 radical (unpaired) electrons. The molecule has 14 heteroatoms. The lowest BCUT2D eigenvalue weighted by atomic mass is 10.2. The number of carbonyl (C=O) groups is 2. The molecule has 9 nitrogen and oxygen atoms in total. The minimum Gasteiger partial charge on any atom is -0.482 e. The van der Waals surface area contributed by atoms with Crippen molar-refractivity contribution in [3.8, 4) is 11.5 Å². The highest BCUT2D eigenvalue weighted by molar-refractivity contribution is 8.32. The average Bonchev–Trinajstić information content (AvgIpc) is 2.92. The summed E-state index contributed by atoms with van der Waals surface area (Å²) in [6, 6.07) is 17.7. The monoisotopic (exact) mass is 687 g/mol. The van der Waals surface area contributed by atoms with Gasteiger partial charge in [0, 0.05) is 0 Å². The van der Waals surface area contributed by atoms with Crippen LogP contribution in [-0.2, 0) is 29.2 Å². The maximum Gasteiger partial charge on any atom is 0.572 e. The molecule has 0 aliphatic rings. The largest absolute Gasteiger partial charge is 0.572 e. The average molecular weight is 688 g/mol. The number of ether oxygens (including phenoxy) is 4. The molecule has 0 saturated carbocycles. The second kappa shape index (κ2) is 13.9. The summed E-state index contributed by atoms with van der Waals surface area (Å²) in [7, 11) is -9.56. The van der Waals surface area contributed by atoms with Crippen molar-refractivity contribution in [2.75, 3.05) is 13.2 Å². The van der Waals surface area contributed by atoms with Crippen molar-refractivity contribution >= 4 is 32.4 Å². The molecule has 0 atom stereocenters. The van der Waals surface area contributed by atoms with E-state index in [0.717, 1.165) is 0 Å². The maximum atomic E-state index is 13.9. The number of carbonyl (C=O) groups excluding carboxylic acids is 2. The Labute approximate surface area is 268 Å². The fraction of sp³-hybridized carbons (Fsp3) is 0.375. The standard InChI is InChI=1S/C32H37F3O9S2/c1-22-10-8-9-11-27(22)45(44-46(38,39)32(33,34)35,25-16-12-23(13-17-25)40-20-28(36)42-30(2,3)4)26-18-14-24(15-19-26)41-21-29(37)43-31(5,6)7/h8-19H,20-21H2,1-7H3/p+1. The van der Waals surface area contributed by atoms with Crippen LogP contribution in [0.3, 0.4) is 0 Å². The van der Waals surface area contributed by atoms with Gasteiger partial charge >= 0.3 is 27.6 Å². The molecular formula is C32H38F3O9S2+. The summed E-state index contributed by atoms with van der Waals surface area (Å²) in [5.41, 5.74) is -6.65. The number of benzene rings is 3. The zero-order valence-electron chi connectivity index (χ0n) is 26.5. The van der Waals surface area contributed by atoms with Crippen LogP contribution in [0.1, 0.15) is 47.1 Å². The van der Waals surface area contributed by atoms with E-state index in [1.54, 1.807) is 66.7 Å². The van der Waals surface area contributed by atoms with Gasteiger partial charge in [-0.25, -0.2) is 9.59 Å². The molecule has 0 spiro atoms. The number of aryl methyl sites for hydroxylation is 1. The lowest BCUT2D eigenvalue weighted by molar-refractivity contribution is -0.158. The van der Waals surface area contributed by atoms with E-state index >= 15 is 0 Å². The Morgan fingerprint density at radius 1 is 0.674 bits per heavy atom. The highest BCUT2D eigenvalue weighted by atomic mass is 32.3. The van der Waals surface area contributed by atoms with E-state index in [9.17, 15) is 31.2 Å². The van der Waals surface area contributed by atoms with E-state index < -0.39 is 62.3 Å². The number of esters is 2. The van der Waals surface area contributed by atoms with Gasteiger partial charge < -0.3 is 18.9 Å². The molecule has 0 fully saturated rings. The molecule has 0 saturated heterocycles. The van der Waals surface area contributed by atoms with Gasteiger partial charge in [-0.2, -0.15) is 13.2 Å². The first-order valence-electron chi connectivity index (χ1n) is 14.0. The van der Waals surface area contributed by atoms with Crippen LogP contribution >= 0.6 is 10.3 Å². The van der Waals surface area contributed by atoms with Crippen LogP contribution in [0.15, 0.2) is 87.5 Å². The summed E-state index contributed by atoms with van der Waals surface area (Å²) >= 11 is 0. The molecule has 3 aromatic carbocycles. The molecule has 252 valence electrons. The molecule has 3 rings (SSSR count). The maximum absolute atomic E-state index is 13.9. The molecule has 0 bridgehead atoms. The normalized spacial score (nSPS) is 13.1. The number of rotatable bonds is 11. The second-order valence-corrected chi connectivity index (χ2v) is 16.6. The van der Waals surface area contributed by atoms with E-state index in [0.29, 0.717) is 5.56 Å². The number of halogens is 3. The van der Waals surface area contributed by atoms with Crippen LogP contribution in [0.2, 0.25) is 0 Å². The lowest BCUT2D eigenvalue weighted by Gasteiger charge is -2.36. The van der Waals surface area contributed by atoms with Crippen molar-refractivity contribution in [3.63, 3.8) is 0 Å². The molecule has 0 amide bonds. The molecule has 3 aromatic rings. The zero-order valence-corrected chi connectivity index (χ0v) is 28.1.